The van der Waals surface area contributed by atoms with Gasteiger partial charge in [0.05, 0.1) is 10.6 Å². The van der Waals surface area contributed by atoms with E-state index >= 15 is 0 Å². The van der Waals surface area contributed by atoms with Gasteiger partial charge in [-0.25, -0.2) is 9.18 Å². The first kappa shape index (κ1) is 20.3. The molecule has 0 saturated heterocycles. The molecule has 1 amide bonds. The second-order valence-corrected chi connectivity index (χ2v) is 7.48. The van der Waals surface area contributed by atoms with E-state index in [1.165, 1.54) is 25.1 Å². The lowest BCUT2D eigenvalue weighted by molar-refractivity contribution is -0.125. The molecule has 1 N–H and O–H groups in total. The molecule has 1 aromatic carbocycles. The molecular weight excluding hydrogens is 387 g/mol. The van der Waals surface area contributed by atoms with Gasteiger partial charge >= 0.3 is 5.97 Å². The van der Waals surface area contributed by atoms with Gasteiger partial charge in [0, 0.05) is 6.04 Å². The number of hydrogen-bond donors (Lipinski definition) is 1. The van der Waals surface area contributed by atoms with E-state index in [4.69, 9.17) is 20.9 Å². The van der Waals surface area contributed by atoms with Gasteiger partial charge in [-0.2, -0.15) is 0 Å². The van der Waals surface area contributed by atoms with E-state index < -0.39 is 18.4 Å². The number of aromatic nitrogens is 1. The summed E-state index contributed by atoms with van der Waals surface area (Å²) < 4.78 is 24.4. The van der Waals surface area contributed by atoms with Crippen LogP contribution in [-0.2, 0) is 9.53 Å². The van der Waals surface area contributed by atoms with Crippen molar-refractivity contribution in [1.82, 2.24) is 10.5 Å². The van der Waals surface area contributed by atoms with E-state index in [9.17, 15) is 14.0 Å². The van der Waals surface area contributed by atoms with Crippen LogP contribution in [0.5, 0.6) is 0 Å². The summed E-state index contributed by atoms with van der Waals surface area (Å²) in [6.45, 7) is 3.17. The molecule has 6 nitrogen and oxygen atoms in total. The molecule has 1 fully saturated rings. The predicted molar refractivity (Wildman–Crippen MR) is 101 cm³/mol. The Morgan fingerprint density at radius 2 is 2.11 bits per heavy atom. The lowest BCUT2D eigenvalue weighted by atomic mass is 9.86. The molecule has 0 aliphatic heterocycles. The summed E-state index contributed by atoms with van der Waals surface area (Å²) in [5.74, 6) is -1.28. The van der Waals surface area contributed by atoms with Gasteiger partial charge in [0.1, 0.15) is 22.8 Å². The fourth-order valence-corrected chi connectivity index (χ4v) is 3.74. The lowest BCUT2D eigenvalue weighted by Crippen LogP contribution is -2.42. The quantitative estimate of drug-likeness (QED) is 0.746. The number of carbonyl (C=O) groups is 2. The molecule has 0 unspecified atom stereocenters. The fourth-order valence-electron chi connectivity index (χ4n) is 3.49. The SMILES string of the molecule is Cc1onc(-c2c(F)cccc2Cl)c1C(=O)OCC(=O)N[C@H]1CCCC[C@@H]1C. The maximum atomic E-state index is 14.2. The highest BCUT2D eigenvalue weighted by atomic mass is 35.5. The smallest absolute Gasteiger partial charge is 0.344 e. The number of halogens is 2. The van der Waals surface area contributed by atoms with Crippen LogP contribution in [0.15, 0.2) is 22.7 Å². The normalized spacial score (nSPS) is 19.3. The highest BCUT2D eigenvalue weighted by Crippen LogP contribution is 2.33. The minimum atomic E-state index is -0.820. The van der Waals surface area contributed by atoms with Crippen LogP contribution >= 0.6 is 11.6 Å². The van der Waals surface area contributed by atoms with Gasteiger partial charge in [-0.05, 0) is 37.8 Å². The lowest BCUT2D eigenvalue weighted by Gasteiger charge is -2.29. The third kappa shape index (κ3) is 4.35. The van der Waals surface area contributed by atoms with Crippen LogP contribution < -0.4 is 5.32 Å². The average Bonchev–Trinajstić information content (AvgIpc) is 3.03. The summed E-state index contributed by atoms with van der Waals surface area (Å²) in [4.78, 5) is 24.7. The zero-order chi connectivity index (χ0) is 20.3. The second kappa shape index (κ2) is 8.73. The molecule has 28 heavy (non-hydrogen) atoms. The molecule has 150 valence electrons. The summed E-state index contributed by atoms with van der Waals surface area (Å²) in [6, 6.07) is 4.23. The van der Waals surface area contributed by atoms with Crippen LogP contribution in [0.2, 0.25) is 5.02 Å². The number of benzene rings is 1. The molecular formula is C20H22ClFN2O4. The number of esters is 1. The first-order valence-electron chi connectivity index (χ1n) is 9.25. The molecule has 1 aromatic heterocycles. The Balaban J connectivity index is 1.70. The number of ether oxygens (including phenoxy) is 1. The maximum Gasteiger partial charge on any atom is 0.344 e. The highest BCUT2D eigenvalue weighted by Gasteiger charge is 2.28. The first-order valence-corrected chi connectivity index (χ1v) is 9.63. The fraction of sp³-hybridized carbons (Fsp3) is 0.450. The molecule has 1 aliphatic rings. The van der Waals surface area contributed by atoms with Gasteiger partial charge in [0.2, 0.25) is 0 Å². The number of carbonyl (C=O) groups excluding carboxylic acids is 2. The van der Waals surface area contributed by atoms with Gasteiger partial charge in [0.25, 0.3) is 5.91 Å². The Morgan fingerprint density at radius 3 is 2.82 bits per heavy atom. The molecule has 1 aliphatic carbocycles. The van der Waals surface area contributed by atoms with Gasteiger partial charge in [-0.3, -0.25) is 4.79 Å². The minimum absolute atomic E-state index is 0.0477. The van der Waals surface area contributed by atoms with Gasteiger partial charge in [-0.15, -0.1) is 0 Å². The number of nitrogens with one attached hydrogen (secondary N) is 1. The average molecular weight is 409 g/mol. The van der Waals surface area contributed by atoms with Crippen molar-refractivity contribution in [3.05, 3.63) is 40.4 Å². The summed E-state index contributed by atoms with van der Waals surface area (Å²) in [5, 5.41) is 6.76. The van der Waals surface area contributed by atoms with Crippen LogP contribution in [0.25, 0.3) is 11.3 Å². The van der Waals surface area contributed by atoms with Crippen molar-refractivity contribution in [3.8, 4) is 11.3 Å². The maximum absolute atomic E-state index is 14.2. The van der Waals surface area contributed by atoms with Crippen LogP contribution in [0.1, 0.15) is 48.7 Å². The summed E-state index contributed by atoms with van der Waals surface area (Å²) in [7, 11) is 0. The second-order valence-electron chi connectivity index (χ2n) is 7.07. The Bertz CT molecular complexity index is 863. The van der Waals surface area contributed by atoms with E-state index in [0.717, 1.165) is 25.7 Å². The van der Waals surface area contributed by atoms with Crippen LogP contribution in [0.4, 0.5) is 4.39 Å². The Morgan fingerprint density at radius 1 is 1.36 bits per heavy atom. The number of rotatable bonds is 5. The van der Waals surface area contributed by atoms with Crippen molar-refractivity contribution < 1.29 is 23.2 Å². The Labute approximate surface area is 167 Å². The zero-order valence-corrected chi connectivity index (χ0v) is 16.5. The van der Waals surface area contributed by atoms with Crippen LogP contribution in [-0.4, -0.2) is 29.7 Å². The molecule has 0 bridgehead atoms. The number of nitrogens with zero attached hydrogens (tertiary/aromatic N) is 1. The highest BCUT2D eigenvalue weighted by molar-refractivity contribution is 6.33. The van der Waals surface area contributed by atoms with Crippen molar-refractivity contribution >= 4 is 23.5 Å². The molecule has 8 heteroatoms. The summed E-state index contributed by atoms with van der Waals surface area (Å²) >= 11 is 6.06. The monoisotopic (exact) mass is 408 g/mol. The van der Waals surface area contributed by atoms with Crippen molar-refractivity contribution in [1.29, 1.82) is 0 Å². The predicted octanol–water partition coefficient (Wildman–Crippen LogP) is 4.29. The van der Waals surface area contributed by atoms with E-state index in [1.807, 2.05) is 0 Å². The minimum Gasteiger partial charge on any atom is -0.452 e. The van der Waals surface area contributed by atoms with Crippen LogP contribution in [0, 0.1) is 18.7 Å². The Kier molecular flexibility index (Phi) is 6.34. The number of hydrogen-bond acceptors (Lipinski definition) is 5. The molecule has 0 spiro atoms. The van der Waals surface area contributed by atoms with Crippen LogP contribution in [0.3, 0.4) is 0 Å². The third-order valence-corrected chi connectivity index (χ3v) is 5.37. The van der Waals surface area contributed by atoms with Crippen molar-refractivity contribution in [2.75, 3.05) is 6.61 Å². The topological polar surface area (TPSA) is 81.4 Å². The molecule has 2 atom stereocenters. The van der Waals surface area contributed by atoms with Gasteiger partial charge in [0.15, 0.2) is 6.61 Å². The van der Waals surface area contributed by atoms with Gasteiger partial charge in [-0.1, -0.05) is 42.6 Å². The molecule has 3 rings (SSSR count). The molecule has 0 radical (unpaired) electrons. The summed E-state index contributed by atoms with van der Waals surface area (Å²) in [6.07, 6.45) is 4.22. The van der Waals surface area contributed by atoms with E-state index in [2.05, 4.69) is 17.4 Å². The van der Waals surface area contributed by atoms with E-state index in [-0.39, 0.29) is 39.6 Å². The molecule has 1 heterocycles. The zero-order valence-electron chi connectivity index (χ0n) is 15.8. The number of aryl methyl sites for hydroxylation is 1. The third-order valence-electron chi connectivity index (χ3n) is 5.06. The largest absolute Gasteiger partial charge is 0.452 e. The summed E-state index contributed by atoms with van der Waals surface area (Å²) in [5.41, 5.74) is -0.147. The van der Waals surface area contributed by atoms with E-state index in [1.54, 1.807) is 0 Å². The van der Waals surface area contributed by atoms with E-state index in [0.29, 0.717) is 5.92 Å². The first-order chi connectivity index (χ1) is 13.4. The molecule has 2 aromatic rings. The van der Waals surface area contributed by atoms with Gasteiger partial charge < -0.3 is 14.6 Å². The number of amides is 1. The Hall–Kier alpha value is -2.41. The molecule has 1 saturated carbocycles. The van der Waals surface area contributed by atoms with Crippen molar-refractivity contribution in [2.45, 2.75) is 45.6 Å². The standard InChI is InChI=1S/C20H22ClFN2O4/c1-11-6-3-4-9-15(11)23-16(25)10-27-20(26)17-12(2)28-24-19(17)18-13(21)7-5-8-14(18)22/h5,7-8,11,15H,3-4,6,9-10H2,1-2H3,(H,23,25)/t11-,15-/m0/s1. The van der Waals surface area contributed by atoms with Crippen molar-refractivity contribution in [3.63, 3.8) is 0 Å². The van der Waals surface area contributed by atoms with Crippen molar-refractivity contribution in [2.24, 2.45) is 5.92 Å².